The highest BCUT2D eigenvalue weighted by molar-refractivity contribution is 9.10. The fourth-order valence-electron chi connectivity index (χ4n) is 1.67. The minimum atomic E-state index is -2.89. The number of carbonyl (C=O) groups is 1. The van der Waals surface area contributed by atoms with Gasteiger partial charge in [-0.2, -0.15) is 0 Å². The molecule has 0 fully saturated rings. The van der Waals surface area contributed by atoms with Crippen LogP contribution in [0.15, 0.2) is 34.9 Å². The van der Waals surface area contributed by atoms with Gasteiger partial charge in [-0.05, 0) is 19.1 Å². The van der Waals surface area contributed by atoms with Gasteiger partial charge in [-0.25, -0.2) is 23.5 Å². The number of rotatable bonds is 4. The van der Waals surface area contributed by atoms with E-state index in [1.54, 1.807) is 31.2 Å². The fraction of sp³-hybridized carbons (Fsp3) is 0.214. The molecule has 0 atom stereocenters. The molecule has 0 spiro atoms. The van der Waals surface area contributed by atoms with Crippen molar-refractivity contribution < 1.29 is 18.3 Å². The van der Waals surface area contributed by atoms with E-state index in [1.165, 1.54) is 0 Å². The summed E-state index contributed by atoms with van der Waals surface area (Å²) in [4.78, 5) is 19.4. The molecule has 7 heteroatoms. The summed E-state index contributed by atoms with van der Waals surface area (Å²) in [5.41, 5.74) is -0.357. The van der Waals surface area contributed by atoms with Gasteiger partial charge in [0.25, 0.3) is 6.43 Å². The quantitative estimate of drug-likeness (QED) is 0.776. The smallest absolute Gasteiger partial charge is 0.341 e. The first-order chi connectivity index (χ1) is 10.0. The Hall–Kier alpha value is -1.89. The molecular formula is C14H11BrF2N2O2. The molecular weight excluding hydrogens is 346 g/mol. The molecule has 0 aliphatic carbocycles. The monoisotopic (exact) mass is 356 g/mol. The predicted octanol–water partition coefficient (Wildman–Crippen LogP) is 4.02. The largest absolute Gasteiger partial charge is 0.462 e. The summed E-state index contributed by atoms with van der Waals surface area (Å²) < 4.78 is 31.7. The van der Waals surface area contributed by atoms with Crippen molar-refractivity contribution in [2.45, 2.75) is 13.3 Å². The second-order valence-electron chi connectivity index (χ2n) is 4.02. The number of ether oxygens (including phenoxy) is 1. The first kappa shape index (κ1) is 15.5. The maximum Gasteiger partial charge on any atom is 0.341 e. The van der Waals surface area contributed by atoms with Gasteiger partial charge >= 0.3 is 5.97 Å². The molecule has 1 aromatic carbocycles. The van der Waals surface area contributed by atoms with Gasteiger partial charge < -0.3 is 4.74 Å². The first-order valence-corrected chi connectivity index (χ1v) is 6.90. The Morgan fingerprint density at radius 3 is 2.57 bits per heavy atom. The van der Waals surface area contributed by atoms with Crippen molar-refractivity contribution in [1.82, 2.24) is 9.97 Å². The van der Waals surface area contributed by atoms with E-state index in [2.05, 4.69) is 25.9 Å². The molecule has 0 unspecified atom stereocenters. The highest BCUT2D eigenvalue weighted by Crippen LogP contribution is 2.25. The molecule has 4 nitrogen and oxygen atoms in total. The lowest BCUT2D eigenvalue weighted by atomic mass is 10.2. The number of halogens is 3. The van der Waals surface area contributed by atoms with Gasteiger partial charge in [0.1, 0.15) is 11.3 Å². The number of esters is 1. The van der Waals surface area contributed by atoms with Crippen LogP contribution < -0.4 is 0 Å². The van der Waals surface area contributed by atoms with Gasteiger partial charge in [0.15, 0.2) is 5.82 Å². The summed E-state index contributed by atoms with van der Waals surface area (Å²) in [6.07, 6.45) is -1.81. The zero-order valence-corrected chi connectivity index (χ0v) is 12.6. The maximum absolute atomic E-state index is 13.1. The molecule has 0 saturated heterocycles. The normalized spacial score (nSPS) is 10.7. The van der Waals surface area contributed by atoms with Crippen LogP contribution >= 0.6 is 15.9 Å². The van der Waals surface area contributed by atoms with Crippen molar-refractivity contribution in [3.63, 3.8) is 0 Å². The van der Waals surface area contributed by atoms with Crippen LogP contribution in [0.5, 0.6) is 0 Å². The van der Waals surface area contributed by atoms with Crippen LogP contribution in [0.3, 0.4) is 0 Å². The molecule has 2 rings (SSSR count). The standard InChI is InChI=1S/C14H11BrF2N2O2/c1-2-21-14(20)10-7-18-13(19-11(10)12(16)17)8-3-5-9(15)6-4-8/h3-7,12H,2H2,1H3. The maximum atomic E-state index is 13.1. The van der Waals surface area contributed by atoms with Gasteiger partial charge in [0.05, 0.1) is 6.61 Å². The Morgan fingerprint density at radius 1 is 1.33 bits per heavy atom. The van der Waals surface area contributed by atoms with Gasteiger partial charge in [-0.3, -0.25) is 0 Å². The van der Waals surface area contributed by atoms with Crippen LogP contribution in [-0.2, 0) is 4.74 Å². The number of carbonyl (C=O) groups excluding carboxylic acids is 1. The fourth-order valence-corrected chi connectivity index (χ4v) is 1.93. The Bertz CT molecular complexity index is 648. The number of aromatic nitrogens is 2. The Labute approximate surface area is 128 Å². The highest BCUT2D eigenvalue weighted by Gasteiger charge is 2.22. The Morgan fingerprint density at radius 2 is 2.00 bits per heavy atom. The summed E-state index contributed by atoms with van der Waals surface area (Å²) in [5, 5.41) is 0. The van der Waals surface area contributed by atoms with Gasteiger partial charge in [-0.1, -0.05) is 28.1 Å². The predicted molar refractivity (Wildman–Crippen MR) is 76.1 cm³/mol. The number of hydrogen-bond donors (Lipinski definition) is 0. The van der Waals surface area contributed by atoms with E-state index in [0.717, 1.165) is 10.7 Å². The number of alkyl halides is 2. The van der Waals surface area contributed by atoms with E-state index < -0.39 is 18.1 Å². The van der Waals surface area contributed by atoms with E-state index in [4.69, 9.17) is 4.74 Å². The summed E-state index contributed by atoms with van der Waals surface area (Å²) in [7, 11) is 0. The molecule has 0 amide bonds. The zero-order valence-electron chi connectivity index (χ0n) is 11.0. The van der Waals surface area contributed by atoms with Crippen LogP contribution in [0.25, 0.3) is 11.4 Å². The summed E-state index contributed by atoms with van der Waals surface area (Å²) in [6, 6.07) is 6.89. The second kappa shape index (κ2) is 6.71. The molecule has 0 saturated carbocycles. The van der Waals surface area contributed by atoms with Crippen LogP contribution in [-0.4, -0.2) is 22.5 Å². The molecule has 2 aromatic rings. The van der Waals surface area contributed by atoms with Crippen molar-refractivity contribution in [1.29, 1.82) is 0 Å². The molecule has 1 heterocycles. The summed E-state index contributed by atoms with van der Waals surface area (Å²) >= 11 is 3.28. The average Bonchev–Trinajstić information content (AvgIpc) is 2.47. The van der Waals surface area contributed by atoms with E-state index in [-0.39, 0.29) is 18.0 Å². The zero-order chi connectivity index (χ0) is 15.4. The van der Waals surface area contributed by atoms with Crippen LogP contribution in [0.2, 0.25) is 0 Å². The third-order valence-corrected chi connectivity index (χ3v) is 3.15. The molecule has 21 heavy (non-hydrogen) atoms. The molecule has 0 N–H and O–H groups in total. The lowest BCUT2D eigenvalue weighted by molar-refractivity contribution is 0.0513. The van der Waals surface area contributed by atoms with E-state index in [0.29, 0.717) is 5.56 Å². The molecule has 0 radical (unpaired) electrons. The summed E-state index contributed by atoms with van der Waals surface area (Å²) in [5.74, 6) is -0.721. The highest BCUT2D eigenvalue weighted by atomic mass is 79.9. The topological polar surface area (TPSA) is 52.1 Å². The Balaban J connectivity index is 2.45. The first-order valence-electron chi connectivity index (χ1n) is 6.11. The molecule has 110 valence electrons. The van der Waals surface area contributed by atoms with Crippen LogP contribution in [0.1, 0.15) is 29.4 Å². The third-order valence-electron chi connectivity index (χ3n) is 2.62. The SMILES string of the molecule is CCOC(=O)c1cnc(-c2ccc(Br)cc2)nc1C(F)F. The van der Waals surface area contributed by atoms with Crippen LogP contribution in [0.4, 0.5) is 8.78 Å². The van der Waals surface area contributed by atoms with Crippen molar-refractivity contribution in [2.75, 3.05) is 6.61 Å². The second-order valence-corrected chi connectivity index (χ2v) is 4.94. The van der Waals surface area contributed by atoms with E-state index in [1.807, 2.05) is 0 Å². The lowest BCUT2D eigenvalue weighted by Crippen LogP contribution is -2.11. The summed E-state index contributed by atoms with van der Waals surface area (Å²) in [6.45, 7) is 1.69. The number of benzene rings is 1. The van der Waals surface area contributed by atoms with Crippen molar-refractivity contribution in [3.8, 4) is 11.4 Å². The van der Waals surface area contributed by atoms with Gasteiger partial charge in [-0.15, -0.1) is 0 Å². The average molecular weight is 357 g/mol. The molecule has 1 aromatic heterocycles. The van der Waals surface area contributed by atoms with Crippen molar-refractivity contribution in [3.05, 3.63) is 46.2 Å². The van der Waals surface area contributed by atoms with Gasteiger partial charge in [0.2, 0.25) is 0 Å². The molecule has 0 aliphatic heterocycles. The van der Waals surface area contributed by atoms with Gasteiger partial charge in [0, 0.05) is 16.2 Å². The minimum Gasteiger partial charge on any atom is -0.462 e. The van der Waals surface area contributed by atoms with Crippen LogP contribution in [0, 0.1) is 0 Å². The van der Waals surface area contributed by atoms with Crippen molar-refractivity contribution >= 4 is 21.9 Å². The molecule has 0 bridgehead atoms. The number of hydrogen-bond acceptors (Lipinski definition) is 4. The van der Waals surface area contributed by atoms with E-state index >= 15 is 0 Å². The van der Waals surface area contributed by atoms with E-state index in [9.17, 15) is 13.6 Å². The lowest BCUT2D eigenvalue weighted by Gasteiger charge is -2.09. The third kappa shape index (κ3) is 3.60. The Kier molecular flexibility index (Phi) is 4.95. The minimum absolute atomic E-state index is 0.0932. The number of nitrogens with zero attached hydrogens (tertiary/aromatic N) is 2. The molecule has 0 aliphatic rings. The van der Waals surface area contributed by atoms with Crippen molar-refractivity contribution in [2.24, 2.45) is 0 Å².